The molecule has 1 aliphatic rings. The Morgan fingerprint density at radius 2 is 2.18 bits per heavy atom. The molecule has 1 aromatic heterocycles. The summed E-state index contributed by atoms with van der Waals surface area (Å²) in [6.07, 6.45) is 1.98. The Morgan fingerprint density at radius 1 is 1.47 bits per heavy atom. The SMILES string of the molecule is COc1ncnc(NC2CC(O)C2(C)C)c1C. The number of aromatic nitrogens is 2. The molecule has 5 heteroatoms. The van der Waals surface area contributed by atoms with E-state index in [1.54, 1.807) is 7.11 Å². The summed E-state index contributed by atoms with van der Waals surface area (Å²) in [7, 11) is 1.59. The summed E-state index contributed by atoms with van der Waals surface area (Å²) in [5.74, 6) is 1.36. The van der Waals surface area contributed by atoms with Gasteiger partial charge in [0, 0.05) is 11.5 Å². The average molecular weight is 237 g/mol. The van der Waals surface area contributed by atoms with Gasteiger partial charge in [-0.2, -0.15) is 0 Å². The molecule has 2 atom stereocenters. The van der Waals surface area contributed by atoms with Crippen LogP contribution in [0.1, 0.15) is 25.8 Å². The van der Waals surface area contributed by atoms with Crippen LogP contribution in [-0.2, 0) is 0 Å². The summed E-state index contributed by atoms with van der Waals surface area (Å²) in [5.41, 5.74) is 0.775. The Hall–Kier alpha value is -1.36. The number of anilines is 1. The van der Waals surface area contributed by atoms with E-state index in [4.69, 9.17) is 4.74 Å². The first-order valence-corrected chi connectivity index (χ1v) is 5.77. The zero-order valence-electron chi connectivity index (χ0n) is 10.7. The van der Waals surface area contributed by atoms with E-state index in [0.717, 1.165) is 17.8 Å². The summed E-state index contributed by atoms with van der Waals surface area (Å²) >= 11 is 0. The Kier molecular flexibility index (Phi) is 2.95. The number of hydrogen-bond acceptors (Lipinski definition) is 5. The van der Waals surface area contributed by atoms with Gasteiger partial charge in [0.15, 0.2) is 0 Å². The fourth-order valence-corrected chi connectivity index (χ4v) is 2.10. The monoisotopic (exact) mass is 237 g/mol. The Bertz CT molecular complexity index is 420. The van der Waals surface area contributed by atoms with E-state index in [1.165, 1.54) is 6.33 Å². The van der Waals surface area contributed by atoms with E-state index in [9.17, 15) is 5.11 Å². The van der Waals surface area contributed by atoms with Crippen molar-refractivity contribution in [1.29, 1.82) is 0 Å². The van der Waals surface area contributed by atoms with Crippen LogP contribution >= 0.6 is 0 Å². The minimum atomic E-state index is -0.246. The van der Waals surface area contributed by atoms with Crippen LogP contribution in [0, 0.1) is 12.3 Å². The molecule has 1 aliphatic carbocycles. The van der Waals surface area contributed by atoms with Crippen molar-refractivity contribution < 1.29 is 9.84 Å². The van der Waals surface area contributed by atoms with Crippen LogP contribution in [-0.4, -0.2) is 34.3 Å². The molecule has 0 bridgehead atoms. The first-order chi connectivity index (χ1) is 7.96. The molecule has 2 rings (SSSR count). The molecule has 1 saturated carbocycles. The number of rotatable bonds is 3. The van der Waals surface area contributed by atoms with Crippen LogP contribution in [0.25, 0.3) is 0 Å². The van der Waals surface area contributed by atoms with Gasteiger partial charge in [0.25, 0.3) is 0 Å². The van der Waals surface area contributed by atoms with Crippen molar-refractivity contribution in [3.05, 3.63) is 11.9 Å². The lowest BCUT2D eigenvalue weighted by Crippen LogP contribution is -2.57. The van der Waals surface area contributed by atoms with E-state index in [2.05, 4.69) is 15.3 Å². The van der Waals surface area contributed by atoms with Crippen LogP contribution in [0.3, 0.4) is 0 Å². The maximum Gasteiger partial charge on any atom is 0.221 e. The van der Waals surface area contributed by atoms with Gasteiger partial charge in [-0.15, -0.1) is 0 Å². The number of hydrogen-bond donors (Lipinski definition) is 2. The topological polar surface area (TPSA) is 67.3 Å². The first-order valence-electron chi connectivity index (χ1n) is 5.77. The molecule has 94 valence electrons. The summed E-state index contributed by atoms with van der Waals surface area (Å²) in [5, 5.41) is 13.0. The first kappa shape index (κ1) is 12.1. The molecule has 5 nitrogen and oxygen atoms in total. The van der Waals surface area contributed by atoms with Gasteiger partial charge in [0.2, 0.25) is 5.88 Å². The summed E-state index contributed by atoms with van der Waals surface area (Å²) in [6.45, 7) is 6.02. The number of nitrogens with zero attached hydrogens (tertiary/aromatic N) is 2. The molecule has 0 radical (unpaired) electrons. The molecule has 2 N–H and O–H groups in total. The highest BCUT2D eigenvalue weighted by Gasteiger charge is 2.47. The smallest absolute Gasteiger partial charge is 0.221 e. The van der Waals surface area contributed by atoms with E-state index in [1.807, 2.05) is 20.8 Å². The third-order valence-electron chi connectivity index (χ3n) is 3.76. The number of nitrogens with one attached hydrogen (secondary N) is 1. The molecular weight excluding hydrogens is 218 g/mol. The van der Waals surface area contributed by atoms with Crippen molar-refractivity contribution in [2.75, 3.05) is 12.4 Å². The molecule has 0 amide bonds. The number of aliphatic hydroxyl groups is 1. The molecule has 1 fully saturated rings. The largest absolute Gasteiger partial charge is 0.481 e. The zero-order valence-corrected chi connectivity index (χ0v) is 10.7. The highest BCUT2D eigenvalue weighted by molar-refractivity contribution is 5.49. The Balaban J connectivity index is 2.15. The lowest BCUT2D eigenvalue weighted by Gasteiger charge is -2.49. The van der Waals surface area contributed by atoms with Crippen LogP contribution < -0.4 is 10.1 Å². The normalized spacial score (nSPS) is 26.2. The summed E-state index contributed by atoms with van der Waals surface area (Å²) in [6, 6.07) is 0.232. The molecule has 1 heterocycles. The van der Waals surface area contributed by atoms with Gasteiger partial charge in [-0.25, -0.2) is 9.97 Å². The maximum atomic E-state index is 9.70. The Morgan fingerprint density at radius 3 is 2.71 bits per heavy atom. The average Bonchev–Trinajstić information content (AvgIpc) is 2.31. The second kappa shape index (κ2) is 4.14. The Labute approximate surface area is 101 Å². The number of aliphatic hydroxyl groups excluding tert-OH is 1. The molecule has 0 saturated heterocycles. The van der Waals surface area contributed by atoms with Gasteiger partial charge in [0.05, 0.1) is 18.8 Å². The minimum Gasteiger partial charge on any atom is -0.481 e. The maximum absolute atomic E-state index is 9.70. The molecule has 0 aromatic carbocycles. The molecule has 0 spiro atoms. The van der Waals surface area contributed by atoms with Gasteiger partial charge in [-0.05, 0) is 13.3 Å². The predicted molar refractivity (Wildman–Crippen MR) is 65.1 cm³/mol. The minimum absolute atomic E-state index is 0.120. The summed E-state index contributed by atoms with van der Waals surface area (Å²) < 4.78 is 5.15. The van der Waals surface area contributed by atoms with E-state index in [0.29, 0.717) is 5.88 Å². The third kappa shape index (κ3) is 1.95. The van der Waals surface area contributed by atoms with Crippen molar-refractivity contribution >= 4 is 5.82 Å². The van der Waals surface area contributed by atoms with Crippen LogP contribution in [0.15, 0.2) is 6.33 Å². The van der Waals surface area contributed by atoms with Crippen molar-refractivity contribution in [1.82, 2.24) is 9.97 Å². The highest BCUT2D eigenvalue weighted by atomic mass is 16.5. The zero-order chi connectivity index (χ0) is 12.6. The molecule has 17 heavy (non-hydrogen) atoms. The standard InChI is InChI=1S/C12H19N3O2/c1-7-10(13-6-14-11(7)17-4)15-8-5-9(16)12(8,2)3/h6,8-9,16H,5H2,1-4H3,(H,13,14,15). The van der Waals surface area contributed by atoms with Crippen molar-refractivity contribution in [2.24, 2.45) is 5.41 Å². The lowest BCUT2D eigenvalue weighted by atomic mass is 9.64. The van der Waals surface area contributed by atoms with Crippen LogP contribution in [0.2, 0.25) is 0 Å². The van der Waals surface area contributed by atoms with Crippen molar-refractivity contribution in [3.63, 3.8) is 0 Å². The highest BCUT2D eigenvalue weighted by Crippen LogP contribution is 2.42. The molecule has 2 unspecified atom stereocenters. The molecule has 0 aliphatic heterocycles. The second-order valence-electron chi connectivity index (χ2n) is 5.13. The van der Waals surface area contributed by atoms with Crippen molar-refractivity contribution in [3.8, 4) is 5.88 Å². The van der Waals surface area contributed by atoms with E-state index < -0.39 is 0 Å². The predicted octanol–water partition coefficient (Wildman–Crippen LogP) is 1.36. The van der Waals surface area contributed by atoms with Crippen LogP contribution in [0.5, 0.6) is 5.88 Å². The fraction of sp³-hybridized carbons (Fsp3) is 0.667. The lowest BCUT2D eigenvalue weighted by molar-refractivity contribution is -0.0511. The van der Waals surface area contributed by atoms with Gasteiger partial charge in [0.1, 0.15) is 12.1 Å². The summed E-state index contributed by atoms with van der Waals surface area (Å²) in [4.78, 5) is 8.25. The fourth-order valence-electron chi connectivity index (χ4n) is 2.10. The number of ether oxygens (including phenoxy) is 1. The van der Waals surface area contributed by atoms with E-state index >= 15 is 0 Å². The molecule has 1 aromatic rings. The molecular formula is C12H19N3O2. The van der Waals surface area contributed by atoms with Gasteiger partial charge >= 0.3 is 0 Å². The third-order valence-corrected chi connectivity index (χ3v) is 3.76. The van der Waals surface area contributed by atoms with Gasteiger partial charge in [-0.3, -0.25) is 0 Å². The van der Waals surface area contributed by atoms with E-state index in [-0.39, 0.29) is 17.6 Å². The van der Waals surface area contributed by atoms with Gasteiger partial charge < -0.3 is 15.2 Å². The quantitative estimate of drug-likeness (QED) is 0.831. The second-order valence-corrected chi connectivity index (χ2v) is 5.13. The van der Waals surface area contributed by atoms with Crippen LogP contribution in [0.4, 0.5) is 5.82 Å². The van der Waals surface area contributed by atoms with Crippen molar-refractivity contribution in [2.45, 2.75) is 39.3 Å². The van der Waals surface area contributed by atoms with Gasteiger partial charge in [-0.1, -0.05) is 13.8 Å². The number of methoxy groups -OCH3 is 1.